The van der Waals surface area contributed by atoms with E-state index in [1.54, 1.807) is 36.4 Å². The SMILES string of the molecule is O=C(NCc1cccc(Cl)c1)c1ccccc1-c1ccc(CNC(=O)[C@H](O)[C@@H](O)C(=O)N2CCCC2c2ccccc2)cc1. The van der Waals surface area contributed by atoms with Gasteiger partial charge in [-0.25, -0.2) is 0 Å². The highest BCUT2D eigenvalue weighted by atomic mass is 35.5. The van der Waals surface area contributed by atoms with E-state index in [1.165, 1.54) is 4.90 Å². The Morgan fingerprint density at radius 3 is 2.25 bits per heavy atom. The van der Waals surface area contributed by atoms with Crippen LogP contribution in [0.2, 0.25) is 5.02 Å². The van der Waals surface area contributed by atoms with Crippen molar-refractivity contribution in [1.29, 1.82) is 0 Å². The van der Waals surface area contributed by atoms with Gasteiger partial charge in [-0.3, -0.25) is 14.4 Å². The molecule has 0 bridgehead atoms. The molecule has 5 rings (SSSR count). The summed E-state index contributed by atoms with van der Waals surface area (Å²) in [6.07, 6.45) is -2.26. The van der Waals surface area contributed by atoms with E-state index in [9.17, 15) is 24.6 Å². The summed E-state index contributed by atoms with van der Waals surface area (Å²) < 4.78 is 0. The van der Waals surface area contributed by atoms with E-state index in [2.05, 4.69) is 10.6 Å². The van der Waals surface area contributed by atoms with Crippen molar-refractivity contribution in [2.45, 2.75) is 44.2 Å². The van der Waals surface area contributed by atoms with Gasteiger partial charge in [-0.1, -0.05) is 96.5 Å². The number of likely N-dealkylation sites (tertiary alicyclic amines) is 1. The number of carbonyl (C=O) groups excluding carboxylic acids is 3. The lowest BCUT2D eigenvalue weighted by Crippen LogP contribution is -2.50. The number of nitrogens with zero attached hydrogens (tertiary/aromatic N) is 1. The highest BCUT2D eigenvalue weighted by Gasteiger charge is 2.38. The Hall–Kier alpha value is -4.50. The van der Waals surface area contributed by atoms with Crippen molar-refractivity contribution in [2.75, 3.05) is 6.54 Å². The lowest BCUT2D eigenvalue weighted by Gasteiger charge is -2.28. The van der Waals surface area contributed by atoms with Gasteiger partial charge in [0.15, 0.2) is 12.2 Å². The van der Waals surface area contributed by atoms with E-state index in [1.807, 2.05) is 66.7 Å². The van der Waals surface area contributed by atoms with Gasteiger partial charge < -0.3 is 25.7 Å². The molecule has 44 heavy (non-hydrogen) atoms. The molecule has 0 saturated carbocycles. The van der Waals surface area contributed by atoms with Gasteiger partial charge >= 0.3 is 0 Å². The molecule has 0 spiro atoms. The first-order valence-electron chi connectivity index (χ1n) is 14.5. The molecule has 0 aliphatic carbocycles. The van der Waals surface area contributed by atoms with E-state index in [-0.39, 0.29) is 18.5 Å². The van der Waals surface area contributed by atoms with E-state index < -0.39 is 24.0 Å². The lowest BCUT2D eigenvalue weighted by atomic mass is 9.98. The molecule has 3 amide bonds. The third kappa shape index (κ3) is 7.34. The topological polar surface area (TPSA) is 119 Å². The predicted molar refractivity (Wildman–Crippen MR) is 168 cm³/mol. The van der Waals surface area contributed by atoms with Crippen molar-refractivity contribution >= 4 is 29.3 Å². The number of hydrogen-bond donors (Lipinski definition) is 4. The van der Waals surface area contributed by atoms with Crippen molar-refractivity contribution < 1.29 is 24.6 Å². The van der Waals surface area contributed by atoms with Crippen LogP contribution in [0.5, 0.6) is 0 Å². The maximum Gasteiger partial charge on any atom is 0.255 e. The molecule has 1 aliphatic heterocycles. The van der Waals surface area contributed by atoms with E-state index in [0.29, 0.717) is 23.7 Å². The fraction of sp³-hybridized carbons (Fsp3) is 0.229. The molecular formula is C35H34ClN3O5. The second kappa shape index (κ2) is 14.3. The first-order chi connectivity index (χ1) is 21.3. The highest BCUT2D eigenvalue weighted by Crippen LogP contribution is 2.32. The number of carbonyl (C=O) groups is 3. The van der Waals surface area contributed by atoms with Crippen LogP contribution in [0.25, 0.3) is 11.1 Å². The van der Waals surface area contributed by atoms with Gasteiger partial charge in [0, 0.05) is 30.2 Å². The van der Waals surface area contributed by atoms with Crippen LogP contribution >= 0.6 is 11.6 Å². The molecule has 8 nitrogen and oxygen atoms in total. The number of nitrogens with one attached hydrogen (secondary N) is 2. The van der Waals surface area contributed by atoms with Crippen LogP contribution in [-0.4, -0.2) is 51.6 Å². The zero-order chi connectivity index (χ0) is 31.1. The number of halogens is 1. The standard InChI is InChI=1S/C35H34ClN3O5/c36-27-11-6-8-24(20-27)22-37-33(42)29-13-5-4-12-28(29)25-17-15-23(16-18-25)21-38-34(43)31(40)32(41)35(44)39-19-7-14-30(39)26-9-2-1-3-10-26/h1-6,8-13,15-18,20,30-32,40-41H,7,14,19,21-22H2,(H,37,42)(H,38,43)/t30?,31-,32-/m1/s1. The Morgan fingerprint density at radius 2 is 1.50 bits per heavy atom. The molecule has 4 aromatic carbocycles. The summed E-state index contributed by atoms with van der Waals surface area (Å²) in [6, 6.07) is 31.2. The summed E-state index contributed by atoms with van der Waals surface area (Å²) in [5.41, 5.74) is 4.66. The lowest BCUT2D eigenvalue weighted by molar-refractivity contribution is -0.153. The normalized spacial score (nSPS) is 15.8. The van der Waals surface area contributed by atoms with Crippen molar-refractivity contribution in [3.8, 4) is 11.1 Å². The van der Waals surface area contributed by atoms with Crippen LogP contribution in [-0.2, 0) is 22.7 Å². The van der Waals surface area contributed by atoms with Crippen LogP contribution in [0, 0.1) is 0 Å². The zero-order valence-electron chi connectivity index (χ0n) is 24.0. The molecule has 1 fully saturated rings. The van der Waals surface area contributed by atoms with Crippen molar-refractivity contribution in [3.05, 3.63) is 130 Å². The summed E-state index contributed by atoms with van der Waals surface area (Å²) in [6.45, 7) is 0.863. The average molecular weight is 612 g/mol. The number of benzene rings is 4. The molecule has 4 aromatic rings. The largest absolute Gasteiger partial charge is 0.380 e. The van der Waals surface area contributed by atoms with E-state index in [4.69, 9.17) is 11.6 Å². The maximum atomic E-state index is 13.0. The molecule has 0 radical (unpaired) electrons. The zero-order valence-corrected chi connectivity index (χ0v) is 24.8. The van der Waals surface area contributed by atoms with Gasteiger partial charge in [0.2, 0.25) is 0 Å². The monoisotopic (exact) mass is 611 g/mol. The van der Waals surface area contributed by atoms with Crippen molar-refractivity contribution in [3.63, 3.8) is 0 Å². The summed E-state index contributed by atoms with van der Waals surface area (Å²) in [7, 11) is 0. The van der Waals surface area contributed by atoms with Gasteiger partial charge in [0.25, 0.3) is 17.7 Å². The fourth-order valence-electron chi connectivity index (χ4n) is 5.45. The summed E-state index contributed by atoms with van der Waals surface area (Å²) in [5, 5.41) is 27.2. The van der Waals surface area contributed by atoms with Crippen LogP contribution in [0.1, 0.15) is 45.9 Å². The molecule has 1 saturated heterocycles. The number of rotatable bonds is 10. The molecule has 9 heteroatoms. The number of aliphatic hydroxyl groups excluding tert-OH is 2. The first-order valence-corrected chi connectivity index (χ1v) is 14.9. The average Bonchev–Trinajstić information content (AvgIpc) is 3.56. The van der Waals surface area contributed by atoms with Crippen LogP contribution in [0.15, 0.2) is 103 Å². The Kier molecular flexibility index (Phi) is 10.1. The second-order valence-electron chi connectivity index (χ2n) is 10.8. The smallest absolute Gasteiger partial charge is 0.255 e. The summed E-state index contributed by atoms with van der Waals surface area (Å²) >= 11 is 6.05. The molecule has 4 N–H and O–H groups in total. The van der Waals surface area contributed by atoms with E-state index in [0.717, 1.165) is 40.7 Å². The minimum Gasteiger partial charge on any atom is -0.380 e. The Morgan fingerprint density at radius 1 is 0.795 bits per heavy atom. The minimum atomic E-state index is -1.91. The molecule has 226 valence electrons. The summed E-state index contributed by atoms with van der Waals surface area (Å²) in [4.78, 5) is 40.3. The number of amides is 3. The molecule has 3 atom stereocenters. The molecule has 1 unspecified atom stereocenters. The number of hydrogen-bond acceptors (Lipinski definition) is 5. The van der Waals surface area contributed by atoms with Crippen molar-refractivity contribution in [2.24, 2.45) is 0 Å². The summed E-state index contributed by atoms with van der Waals surface area (Å²) in [5.74, 6) is -1.73. The third-order valence-corrected chi connectivity index (χ3v) is 8.02. The van der Waals surface area contributed by atoms with Gasteiger partial charge in [-0.2, -0.15) is 0 Å². The van der Waals surface area contributed by atoms with Crippen LogP contribution in [0.4, 0.5) is 0 Å². The maximum absolute atomic E-state index is 13.0. The first kappa shape index (κ1) is 30.9. The van der Waals surface area contributed by atoms with Crippen LogP contribution in [0.3, 0.4) is 0 Å². The van der Waals surface area contributed by atoms with E-state index >= 15 is 0 Å². The molecular weight excluding hydrogens is 578 g/mol. The number of aliphatic hydroxyl groups is 2. The third-order valence-electron chi connectivity index (χ3n) is 7.79. The molecule has 1 heterocycles. The van der Waals surface area contributed by atoms with Gasteiger partial charge in [0.05, 0.1) is 6.04 Å². The highest BCUT2D eigenvalue weighted by molar-refractivity contribution is 6.30. The Balaban J connectivity index is 1.17. The fourth-order valence-corrected chi connectivity index (χ4v) is 5.67. The van der Waals surface area contributed by atoms with Crippen molar-refractivity contribution in [1.82, 2.24) is 15.5 Å². The van der Waals surface area contributed by atoms with Gasteiger partial charge in [-0.15, -0.1) is 0 Å². The minimum absolute atomic E-state index is 0.0786. The molecule has 1 aliphatic rings. The quantitative estimate of drug-likeness (QED) is 0.208. The van der Waals surface area contributed by atoms with Gasteiger partial charge in [0.1, 0.15) is 0 Å². The Bertz CT molecular complexity index is 1610. The second-order valence-corrected chi connectivity index (χ2v) is 11.2. The predicted octanol–water partition coefficient (Wildman–Crippen LogP) is 4.64. The van der Waals surface area contributed by atoms with Gasteiger partial charge in [-0.05, 0) is 58.9 Å². The Labute approximate surface area is 261 Å². The molecule has 0 aromatic heterocycles. The van der Waals surface area contributed by atoms with Crippen LogP contribution < -0.4 is 10.6 Å².